The van der Waals surface area contributed by atoms with Crippen molar-refractivity contribution >= 4 is 50.8 Å². The van der Waals surface area contributed by atoms with Crippen molar-refractivity contribution in [1.29, 1.82) is 0 Å². The largest absolute Gasteiger partial charge is 0.306 e. The Morgan fingerprint density at radius 3 is 1.61 bits per heavy atom. The highest BCUT2D eigenvalue weighted by molar-refractivity contribution is 7.19. The summed E-state index contributed by atoms with van der Waals surface area (Å²) < 4.78 is 2.28. The summed E-state index contributed by atoms with van der Waals surface area (Å²) in [6, 6.07) is 56.7. The van der Waals surface area contributed by atoms with E-state index >= 15 is 0 Å². The molecule has 0 aliphatic carbocycles. The summed E-state index contributed by atoms with van der Waals surface area (Å²) in [6.45, 7) is 0. The molecule has 0 aliphatic rings. The lowest BCUT2D eigenvalue weighted by atomic mass is 10.1. The zero-order valence-corrected chi connectivity index (χ0v) is 25.1. The van der Waals surface area contributed by atoms with Gasteiger partial charge in [0, 0.05) is 28.0 Å². The molecule has 0 unspecified atom stereocenters. The third-order valence-electron chi connectivity index (χ3n) is 8.69. The molecule has 0 N–H and O–H groups in total. The van der Waals surface area contributed by atoms with Crippen LogP contribution in [0.15, 0.2) is 176 Å². The minimum atomic E-state index is -2.83. The molecule has 0 bridgehead atoms. The number of para-hydroxylation sites is 1. The molecular weight excluding hydrogens is 551 g/mol. The highest BCUT2D eigenvalue weighted by Crippen LogP contribution is 2.31. The van der Waals surface area contributed by atoms with E-state index in [0.717, 1.165) is 22.0 Å². The van der Waals surface area contributed by atoms with E-state index in [1.165, 1.54) is 37.5 Å². The first-order chi connectivity index (χ1) is 21.8. The molecule has 8 rings (SSSR count). The van der Waals surface area contributed by atoms with E-state index in [0.29, 0.717) is 0 Å². The minimum Gasteiger partial charge on any atom is -0.306 e. The van der Waals surface area contributed by atoms with Gasteiger partial charge < -0.3 is 4.57 Å². The second-order valence-corrected chi connectivity index (χ2v) is 14.8. The molecule has 0 atom stereocenters. The van der Waals surface area contributed by atoms with Crippen molar-refractivity contribution in [1.82, 2.24) is 14.5 Å². The van der Waals surface area contributed by atoms with Crippen LogP contribution >= 0.6 is 0 Å². The van der Waals surface area contributed by atoms with Crippen LogP contribution in [-0.2, 0) is 0 Å². The van der Waals surface area contributed by atoms with Crippen LogP contribution < -0.4 is 20.9 Å². The van der Waals surface area contributed by atoms with E-state index in [1.807, 2.05) is 12.4 Å². The average Bonchev–Trinajstić information content (AvgIpc) is 3.44. The first-order valence-electron chi connectivity index (χ1n) is 14.9. The predicted octanol–water partition coefficient (Wildman–Crippen LogP) is 6.62. The summed E-state index contributed by atoms with van der Waals surface area (Å²) in [5, 5.41) is 7.37. The fourth-order valence-electron chi connectivity index (χ4n) is 6.69. The maximum atomic E-state index is 5.39. The molecule has 44 heavy (non-hydrogen) atoms. The SMILES string of the molecule is c1ccc(-c2ccc([Si](c3ccccc3)(c3ccccc3)c3cc4c5ccncc5n(-c5ccccc5)c4cn3)cc2)cc1. The second kappa shape index (κ2) is 10.9. The van der Waals surface area contributed by atoms with E-state index in [9.17, 15) is 0 Å². The number of fused-ring (bicyclic) bond motifs is 3. The number of pyridine rings is 2. The van der Waals surface area contributed by atoms with Gasteiger partial charge in [-0.2, -0.15) is 0 Å². The number of rotatable bonds is 6. The van der Waals surface area contributed by atoms with Gasteiger partial charge in [-0.3, -0.25) is 9.97 Å². The number of aromatic nitrogens is 3. The van der Waals surface area contributed by atoms with E-state index in [4.69, 9.17) is 4.98 Å². The first kappa shape index (κ1) is 26.1. The number of benzene rings is 5. The molecule has 0 spiro atoms. The van der Waals surface area contributed by atoms with E-state index in [-0.39, 0.29) is 0 Å². The zero-order chi connectivity index (χ0) is 29.3. The maximum absolute atomic E-state index is 5.39. The molecule has 0 saturated heterocycles. The van der Waals surface area contributed by atoms with Crippen LogP contribution in [0.3, 0.4) is 0 Å². The molecule has 0 saturated carbocycles. The Morgan fingerprint density at radius 1 is 0.455 bits per heavy atom. The zero-order valence-electron chi connectivity index (χ0n) is 24.1. The normalized spacial score (nSPS) is 11.6. The molecule has 3 aromatic heterocycles. The Hall–Kier alpha value is -5.58. The Balaban J connectivity index is 1.44. The topological polar surface area (TPSA) is 30.7 Å². The van der Waals surface area contributed by atoms with Crippen LogP contribution in [0.1, 0.15) is 0 Å². The molecule has 0 radical (unpaired) electrons. The molecule has 0 fully saturated rings. The van der Waals surface area contributed by atoms with Crippen molar-refractivity contribution in [2.24, 2.45) is 0 Å². The lowest BCUT2D eigenvalue weighted by Crippen LogP contribution is -2.75. The van der Waals surface area contributed by atoms with Crippen molar-refractivity contribution in [2.75, 3.05) is 0 Å². The van der Waals surface area contributed by atoms with Crippen LogP contribution in [0.2, 0.25) is 0 Å². The average molecular weight is 580 g/mol. The van der Waals surface area contributed by atoms with Crippen LogP contribution in [0.25, 0.3) is 38.6 Å². The standard InChI is InChI=1S/C40H29N3Si/c1-5-13-30(14-6-1)31-21-23-35(24-22-31)44(33-17-9-3-10-18-33,34-19-11-4-12-20-34)40-27-37-36-25-26-41-28-38(36)43(39(37)29-42-40)32-15-7-2-8-16-32/h1-29H. The van der Waals surface area contributed by atoms with Crippen molar-refractivity contribution < 1.29 is 0 Å². The molecule has 4 heteroatoms. The Morgan fingerprint density at radius 2 is 0.977 bits per heavy atom. The van der Waals surface area contributed by atoms with Crippen LogP contribution in [0.5, 0.6) is 0 Å². The minimum absolute atomic E-state index is 1.08. The molecule has 5 aromatic carbocycles. The van der Waals surface area contributed by atoms with Crippen molar-refractivity contribution in [3.05, 3.63) is 176 Å². The van der Waals surface area contributed by atoms with Gasteiger partial charge in [-0.15, -0.1) is 0 Å². The molecule has 3 nitrogen and oxygen atoms in total. The molecule has 0 amide bonds. The molecule has 208 valence electrons. The van der Waals surface area contributed by atoms with Gasteiger partial charge >= 0.3 is 0 Å². The van der Waals surface area contributed by atoms with Gasteiger partial charge in [-0.25, -0.2) is 0 Å². The molecule has 3 heterocycles. The van der Waals surface area contributed by atoms with Gasteiger partial charge in [0.15, 0.2) is 0 Å². The highest BCUT2D eigenvalue weighted by Gasteiger charge is 2.43. The fraction of sp³-hybridized carbons (Fsp3) is 0. The van der Waals surface area contributed by atoms with Gasteiger partial charge in [0.05, 0.1) is 23.4 Å². The third kappa shape index (κ3) is 4.19. The summed E-state index contributed by atoms with van der Waals surface area (Å²) in [5.41, 5.74) is 5.67. The smallest absolute Gasteiger partial charge is 0.201 e. The van der Waals surface area contributed by atoms with Crippen LogP contribution in [0, 0.1) is 0 Å². The maximum Gasteiger partial charge on any atom is 0.201 e. The lowest BCUT2D eigenvalue weighted by molar-refractivity contribution is 1.16. The quantitative estimate of drug-likeness (QED) is 0.164. The number of nitrogens with zero attached hydrogens (tertiary/aromatic N) is 3. The Kier molecular flexibility index (Phi) is 6.47. The predicted molar refractivity (Wildman–Crippen MR) is 185 cm³/mol. The summed E-state index contributed by atoms with van der Waals surface area (Å²) >= 11 is 0. The van der Waals surface area contributed by atoms with E-state index in [2.05, 4.69) is 173 Å². The Bertz CT molecular complexity index is 2150. The van der Waals surface area contributed by atoms with E-state index < -0.39 is 8.07 Å². The summed E-state index contributed by atoms with van der Waals surface area (Å²) in [6.07, 6.45) is 5.92. The van der Waals surface area contributed by atoms with Crippen LogP contribution in [0.4, 0.5) is 0 Å². The molecular formula is C40H29N3Si. The highest BCUT2D eigenvalue weighted by atomic mass is 28.3. The monoisotopic (exact) mass is 579 g/mol. The summed E-state index contributed by atoms with van der Waals surface area (Å²) in [5.74, 6) is 0. The van der Waals surface area contributed by atoms with Gasteiger partial charge in [0.25, 0.3) is 0 Å². The number of hydrogen-bond acceptors (Lipinski definition) is 2. The van der Waals surface area contributed by atoms with Crippen molar-refractivity contribution in [3.8, 4) is 16.8 Å². The first-order valence-corrected chi connectivity index (χ1v) is 16.9. The van der Waals surface area contributed by atoms with Crippen molar-refractivity contribution in [3.63, 3.8) is 0 Å². The van der Waals surface area contributed by atoms with Gasteiger partial charge in [0.1, 0.15) is 0 Å². The fourth-order valence-corrected chi connectivity index (χ4v) is 11.2. The third-order valence-corrected chi connectivity index (χ3v) is 13.3. The second-order valence-electron chi connectivity index (χ2n) is 11.1. The van der Waals surface area contributed by atoms with Gasteiger partial charge in [-0.1, -0.05) is 133 Å². The molecule has 0 aliphatic heterocycles. The summed E-state index contributed by atoms with van der Waals surface area (Å²) in [7, 11) is -2.83. The van der Waals surface area contributed by atoms with E-state index in [1.54, 1.807) is 0 Å². The Labute approximate surface area is 257 Å². The van der Waals surface area contributed by atoms with Gasteiger partial charge in [0.2, 0.25) is 8.07 Å². The van der Waals surface area contributed by atoms with Crippen LogP contribution in [-0.4, -0.2) is 22.6 Å². The summed E-state index contributed by atoms with van der Waals surface area (Å²) in [4.78, 5) is 9.90. The van der Waals surface area contributed by atoms with Gasteiger partial charge in [-0.05, 0) is 51.0 Å². The molecule has 8 aromatic rings. The lowest BCUT2D eigenvalue weighted by Gasteiger charge is -2.33. The number of hydrogen-bond donors (Lipinski definition) is 0. The van der Waals surface area contributed by atoms with Crippen molar-refractivity contribution in [2.45, 2.75) is 0 Å².